The summed E-state index contributed by atoms with van der Waals surface area (Å²) >= 11 is 30.0. The Morgan fingerprint density at radius 2 is 0.855 bits per heavy atom. The van der Waals surface area contributed by atoms with Gasteiger partial charge in [0.2, 0.25) is 0 Å². The Morgan fingerprint density at radius 1 is 0.564 bits per heavy atom. The van der Waals surface area contributed by atoms with Crippen LogP contribution in [0.3, 0.4) is 0 Å². The van der Waals surface area contributed by atoms with Crippen molar-refractivity contribution in [3.05, 3.63) is 112 Å². The Labute approximate surface area is 391 Å². The van der Waals surface area contributed by atoms with Gasteiger partial charge in [-0.25, -0.2) is 0 Å². The number of aliphatic hydroxyl groups is 1. The largest absolute Gasteiger partial charge is 0.489 e. The quantitative estimate of drug-likeness (QED) is 0.113. The third kappa shape index (κ3) is 11.2. The number of hydrogen-bond donors (Lipinski definition) is 1. The van der Waals surface area contributed by atoms with Gasteiger partial charge in [-0.1, -0.05) is 67.0 Å². The van der Waals surface area contributed by atoms with Crippen LogP contribution in [0.25, 0.3) is 0 Å². The second kappa shape index (κ2) is 19.1. The van der Waals surface area contributed by atoms with E-state index in [1.807, 2.05) is 0 Å². The summed E-state index contributed by atoms with van der Waals surface area (Å²) in [5.74, 6) is 2.18. The summed E-state index contributed by atoms with van der Waals surface area (Å²) in [5, 5.41) is 11.1. The lowest BCUT2D eigenvalue weighted by Gasteiger charge is -2.29. The summed E-state index contributed by atoms with van der Waals surface area (Å²) in [4.78, 5) is 0. The van der Waals surface area contributed by atoms with Crippen LogP contribution in [0.15, 0.2) is 84.3 Å². The van der Waals surface area contributed by atoms with Gasteiger partial charge in [0.25, 0.3) is 0 Å². The first-order chi connectivity index (χ1) is 25.4. The van der Waals surface area contributed by atoms with E-state index in [0.29, 0.717) is 31.8 Å². The SMILES string of the molecule is C.CC(C)(c1cc(Br)c(CCC(O)COc2c(Br)cc(C(C)(C)c3cc(Br)c(OCC4CO4)c(Br)c3)cc2Br)c(Br)c1)c1cc(Br)c(OCC2CO2)c(Br)c1. The molecule has 2 fully saturated rings. The van der Waals surface area contributed by atoms with Gasteiger partial charge in [-0.15, -0.1) is 0 Å². The fourth-order valence-electron chi connectivity index (χ4n) is 5.97. The average molecular weight is 1270 g/mol. The van der Waals surface area contributed by atoms with Crippen LogP contribution in [0.1, 0.15) is 69.4 Å². The van der Waals surface area contributed by atoms with Crippen LogP contribution in [0.5, 0.6) is 17.2 Å². The van der Waals surface area contributed by atoms with Crippen LogP contribution < -0.4 is 14.2 Å². The van der Waals surface area contributed by atoms with Gasteiger partial charge in [0.15, 0.2) is 0 Å². The van der Waals surface area contributed by atoms with Crippen molar-refractivity contribution in [2.45, 2.75) is 77.1 Å². The second-order valence-corrected chi connectivity index (χ2v) is 21.3. The minimum atomic E-state index is -0.682. The zero-order chi connectivity index (χ0) is 39.1. The van der Waals surface area contributed by atoms with Gasteiger partial charge >= 0.3 is 0 Å². The molecule has 0 aliphatic carbocycles. The van der Waals surface area contributed by atoms with E-state index in [-0.39, 0.29) is 37.1 Å². The molecule has 0 amide bonds. The van der Waals surface area contributed by atoms with Crippen molar-refractivity contribution in [1.29, 1.82) is 0 Å². The summed E-state index contributed by atoms with van der Waals surface area (Å²) in [7, 11) is 0. The van der Waals surface area contributed by atoms with Crippen LogP contribution in [0.4, 0.5) is 0 Å². The summed E-state index contributed by atoms with van der Waals surface area (Å²) in [6, 6.07) is 16.9. The van der Waals surface area contributed by atoms with Gasteiger partial charge in [0, 0.05) is 19.8 Å². The maximum atomic E-state index is 11.1. The van der Waals surface area contributed by atoms with Crippen molar-refractivity contribution < 1.29 is 28.8 Å². The molecule has 2 saturated heterocycles. The third-order valence-electron chi connectivity index (χ3n) is 9.80. The average Bonchev–Trinajstić information content (AvgIpc) is 4.03. The van der Waals surface area contributed by atoms with Gasteiger partial charge in [-0.2, -0.15) is 0 Å². The molecule has 0 spiro atoms. The van der Waals surface area contributed by atoms with E-state index < -0.39 is 6.10 Å². The Kier molecular flexibility index (Phi) is 16.0. The zero-order valence-electron chi connectivity index (χ0n) is 29.8. The summed E-state index contributed by atoms with van der Waals surface area (Å²) in [5.41, 5.74) is 4.88. The maximum absolute atomic E-state index is 11.1. The highest BCUT2D eigenvalue weighted by atomic mass is 79.9. The number of ether oxygens (including phenoxy) is 5. The molecule has 4 aromatic rings. The van der Waals surface area contributed by atoms with E-state index >= 15 is 0 Å². The van der Waals surface area contributed by atoms with Gasteiger partial charge in [0.05, 0.1) is 46.2 Å². The second-order valence-electron chi connectivity index (χ2n) is 14.5. The monoisotopic (exact) mass is 1260 g/mol. The van der Waals surface area contributed by atoms with E-state index in [0.717, 1.165) is 88.3 Å². The first-order valence-electron chi connectivity index (χ1n) is 17.2. The molecule has 3 unspecified atom stereocenters. The van der Waals surface area contributed by atoms with Crippen LogP contribution in [0, 0.1) is 0 Å². The Hall–Kier alpha value is -0.000000000000000222. The predicted octanol–water partition coefficient (Wildman–Crippen LogP) is 14.0. The van der Waals surface area contributed by atoms with Crippen LogP contribution >= 0.6 is 127 Å². The summed E-state index contributed by atoms with van der Waals surface area (Å²) in [6.45, 7) is 11.5. The molecule has 4 aromatic carbocycles. The first-order valence-corrected chi connectivity index (χ1v) is 23.6. The van der Waals surface area contributed by atoms with E-state index in [1.165, 1.54) is 0 Å². The molecule has 1 N–H and O–H groups in total. The van der Waals surface area contributed by atoms with Gasteiger partial charge < -0.3 is 28.8 Å². The number of rotatable bonds is 16. The van der Waals surface area contributed by atoms with E-state index in [2.05, 4.69) is 204 Å². The zero-order valence-corrected chi connectivity index (χ0v) is 42.5. The lowest BCUT2D eigenvalue weighted by molar-refractivity contribution is 0.0994. The third-order valence-corrected chi connectivity index (χ3v) is 14.8. The molecule has 0 saturated carbocycles. The minimum absolute atomic E-state index is 0. The lowest BCUT2D eigenvalue weighted by atomic mass is 9.78. The molecule has 298 valence electrons. The van der Waals surface area contributed by atoms with Crippen molar-refractivity contribution >= 4 is 127 Å². The van der Waals surface area contributed by atoms with Crippen molar-refractivity contribution in [1.82, 2.24) is 0 Å². The number of aliphatic hydroxyl groups excluding tert-OH is 1. The van der Waals surface area contributed by atoms with E-state index in [4.69, 9.17) is 23.7 Å². The topological polar surface area (TPSA) is 73.0 Å². The lowest BCUT2D eigenvalue weighted by Crippen LogP contribution is -2.21. The molecule has 3 atom stereocenters. The van der Waals surface area contributed by atoms with Gasteiger partial charge in [-0.3, -0.25) is 0 Å². The molecule has 55 heavy (non-hydrogen) atoms. The van der Waals surface area contributed by atoms with Crippen molar-refractivity contribution in [3.63, 3.8) is 0 Å². The molecule has 0 aromatic heterocycles. The van der Waals surface area contributed by atoms with Crippen molar-refractivity contribution in [2.24, 2.45) is 0 Å². The smallest absolute Gasteiger partial charge is 0.147 e. The molecule has 14 heteroatoms. The van der Waals surface area contributed by atoms with E-state index in [1.54, 1.807) is 0 Å². The van der Waals surface area contributed by atoms with Gasteiger partial charge in [-0.05, 0) is 185 Å². The summed E-state index contributed by atoms with van der Waals surface area (Å²) < 4.78 is 35.8. The van der Waals surface area contributed by atoms with Crippen LogP contribution in [-0.2, 0) is 26.7 Å². The van der Waals surface area contributed by atoms with E-state index in [9.17, 15) is 5.11 Å². The van der Waals surface area contributed by atoms with Crippen LogP contribution in [-0.4, -0.2) is 56.5 Å². The van der Waals surface area contributed by atoms with Crippen LogP contribution in [0.2, 0.25) is 0 Å². The highest BCUT2D eigenvalue weighted by Gasteiger charge is 2.31. The predicted molar refractivity (Wildman–Crippen MR) is 249 cm³/mol. The normalized spacial score (nSPS) is 17.0. The Balaban J connectivity index is 0.00000580. The number of halogens is 8. The van der Waals surface area contributed by atoms with Crippen molar-refractivity contribution in [3.8, 4) is 17.2 Å². The molecule has 2 aliphatic heterocycles. The van der Waals surface area contributed by atoms with Crippen molar-refractivity contribution in [2.75, 3.05) is 33.0 Å². The standard InChI is InChI=1S/C40H38Br8O6.CH4/c1-39(2,21-11-32(45)37(33(46)12-21)53-18-25-16-50-25)20-7-28(41)27(29(42)8-20)6-5-24(49)15-52-36-30(43)9-22(10-31(36)44)40(3,4)23-13-34(47)38(35(48)14-23)54-19-26-17-51-26;/h7-14,24-26,49H,5-6,15-19H2,1-4H3;1H4. The summed E-state index contributed by atoms with van der Waals surface area (Å²) in [6.07, 6.45) is 0.840. The molecule has 2 heterocycles. The number of benzene rings is 4. The molecular weight excluding hydrogens is 1230 g/mol. The highest BCUT2D eigenvalue weighted by molar-refractivity contribution is 9.12. The number of hydrogen-bond acceptors (Lipinski definition) is 6. The fourth-order valence-corrected chi connectivity index (χ4v) is 11.8. The number of epoxide rings is 2. The highest BCUT2D eigenvalue weighted by Crippen LogP contribution is 2.46. The molecule has 6 nitrogen and oxygen atoms in total. The molecular formula is C41H42Br8O6. The maximum Gasteiger partial charge on any atom is 0.147 e. The molecule has 0 radical (unpaired) electrons. The van der Waals surface area contributed by atoms with Gasteiger partial charge in [0.1, 0.15) is 49.3 Å². The molecule has 6 rings (SSSR count). The minimum Gasteiger partial charge on any atom is -0.489 e. The Morgan fingerprint density at radius 3 is 1.16 bits per heavy atom. The fraction of sp³-hybridized carbons (Fsp3) is 0.415. The Bertz CT molecular complexity index is 1790. The first kappa shape index (κ1) is 46.1. The molecule has 2 aliphatic rings. The molecule has 0 bridgehead atoms.